The summed E-state index contributed by atoms with van der Waals surface area (Å²) in [6.45, 7) is 1.02. The van der Waals surface area contributed by atoms with E-state index in [1.54, 1.807) is 24.3 Å². The zero-order chi connectivity index (χ0) is 14.8. The third-order valence-electron chi connectivity index (χ3n) is 2.87. The van der Waals surface area contributed by atoms with Gasteiger partial charge in [0.25, 0.3) is 5.91 Å². The second-order valence-corrected chi connectivity index (χ2v) is 5.97. The van der Waals surface area contributed by atoms with Crippen LogP contribution in [0.1, 0.15) is 10.4 Å². The lowest BCUT2D eigenvalue weighted by molar-refractivity contribution is 0.102. The van der Waals surface area contributed by atoms with E-state index in [9.17, 15) is 4.79 Å². The summed E-state index contributed by atoms with van der Waals surface area (Å²) in [6, 6.07) is 6.93. The summed E-state index contributed by atoms with van der Waals surface area (Å²) >= 11 is 6.65. The number of hydrogen-bond donors (Lipinski definition) is 1. The molecule has 0 unspecified atom stereocenters. The molecule has 1 amide bonds. The van der Waals surface area contributed by atoms with Crippen molar-refractivity contribution in [3.63, 3.8) is 0 Å². The maximum absolute atomic E-state index is 12.2. The number of carbonyl (C=O) groups is 1. The lowest BCUT2D eigenvalue weighted by Crippen LogP contribution is -2.17. The summed E-state index contributed by atoms with van der Waals surface area (Å²) in [6.07, 6.45) is 1.51. The summed E-state index contributed by atoms with van der Waals surface area (Å²) in [5, 5.41) is 2.82. The molecule has 5 nitrogen and oxygen atoms in total. The zero-order valence-corrected chi connectivity index (χ0v) is 13.9. The van der Waals surface area contributed by atoms with Gasteiger partial charge >= 0.3 is 0 Å². The molecule has 0 bridgehead atoms. The molecule has 7 heteroatoms. The number of anilines is 1. The molecule has 1 aromatic carbocycles. The van der Waals surface area contributed by atoms with Gasteiger partial charge in [-0.1, -0.05) is 0 Å². The molecule has 108 valence electrons. The zero-order valence-electron chi connectivity index (χ0n) is 10.7. The van der Waals surface area contributed by atoms with E-state index in [-0.39, 0.29) is 5.91 Å². The number of aromatic nitrogens is 1. The summed E-state index contributed by atoms with van der Waals surface area (Å²) in [7, 11) is 0. The predicted molar refractivity (Wildman–Crippen MR) is 85.0 cm³/mol. The molecule has 0 fully saturated rings. The highest BCUT2D eigenvalue weighted by Crippen LogP contribution is 2.38. The average molecular weight is 414 g/mol. The van der Waals surface area contributed by atoms with E-state index in [2.05, 4.69) is 42.2 Å². The van der Waals surface area contributed by atoms with Gasteiger partial charge in [0.2, 0.25) is 0 Å². The van der Waals surface area contributed by atoms with Crippen LogP contribution in [0.2, 0.25) is 0 Å². The quantitative estimate of drug-likeness (QED) is 0.763. The Morgan fingerprint density at radius 3 is 2.52 bits per heavy atom. The van der Waals surface area contributed by atoms with E-state index in [0.717, 1.165) is 4.47 Å². The number of rotatable bonds is 2. The summed E-state index contributed by atoms with van der Waals surface area (Å²) in [5.74, 6) is 1.04. The highest BCUT2D eigenvalue weighted by atomic mass is 79.9. The number of carbonyl (C=O) groups excluding carboxylic acids is 1. The molecule has 1 aliphatic rings. The smallest absolute Gasteiger partial charge is 0.257 e. The van der Waals surface area contributed by atoms with Crippen molar-refractivity contribution in [2.75, 3.05) is 18.5 Å². The Bertz CT molecular complexity index is 689. The molecule has 0 spiro atoms. The third kappa shape index (κ3) is 3.19. The lowest BCUT2D eigenvalue weighted by atomic mass is 10.2. The minimum absolute atomic E-state index is 0.243. The standard InChI is InChI=1S/C14H10Br2N2O3/c15-9-5-11-12(21-4-3-20-11)6-10(9)18-14(19)8-1-2-13(16)17-7-8/h1-2,5-7H,3-4H2,(H,18,19). The van der Waals surface area contributed by atoms with Crippen molar-refractivity contribution in [2.45, 2.75) is 0 Å². The molecule has 1 aromatic heterocycles. The maximum Gasteiger partial charge on any atom is 0.257 e. The predicted octanol–water partition coefficient (Wildman–Crippen LogP) is 3.63. The number of pyridine rings is 1. The molecular weight excluding hydrogens is 404 g/mol. The number of nitrogens with zero attached hydrogens (tertiary/aromatic N) is 1. The topological polar surface area (TPSA) is 60.5 Å². The summed E-state index contributed by atoms with van der Waals surface area (Å²) in [4.78, 5) is 16.2. The first kappa shape index (κ1) is 14.3. The third-order valence-corrected chi connectivity index (χ3v) is 3.99. The van der Waals surface area contributed by atoms with Crippen LogP contribution in [0.25, 0.3) is 0 Å². The number of hydrogen-bond acceptors (Lipinski definition) is 4. The van der Waals surface area contributed by atoms with Gasteiger partial charge in [-0.25, -0.2) is 4.98 Å². The molecule has 0 saturated heterocycles. The number of halogens is 2. The van der Waals surface area contributed by atoms with Crippen molar-refractivity contribution in [3.05, 3.63) is 45.1 Å². The van der Waals surface area contributed by atoms with Gasteiger partial charge in [-0.2, -0.15) is 0 Å². The van der Waals surface area contributed by atoms with Crippen molar-refractivity contribution >= 4 is 43.5 Å². The van der Waals surface area contributed by atoms with Crippen molar-refractivity contribution in [2.24, 2.45) is 0 Å². The van der Waals surface area contributed by atoms with Crippen LogP contribution in [0.15, 0.2) is 39.5 Å². The number of ether oxygens (including phenoxy) is 2. The van der Waals surface area contributed by atoms with Gasteiger partial charge in [0.05, 0.1) is 11.3 Å². The van der Waals surface area contributed by atoms with Gasteiger partial charge in [-0.3, -0.25) is 4.79 Å². The molecule has 2 aromatic rings. The number of nitrogens with one attached hydrogen (secondary N) is 1. The van der Waals surface area contributed by atoms with E-state index >= 15 is 0 Å². The minimum atomic E-state index is -0.243. The maximum atomic E-state index is 12.2. The van der Waals surface area contributed by atoms with E-state index in [1.165, 1.54) is 6.20 Å². The SMILES string of the molecule is O=C(Nc1cc2c(cc1Br)OCCO2)c1ccc(Br)nc1. The van der Waals surface area contributed by atoms with Crippen LogP contribution in [0.3, 0.4) is 0 Å². The number of benzene rings is 1. The Morgan fingerprint density at radius 1 is 1.14 bits per heavy atom. The highest BCUT2D eigenvalue weighted by molar-refractivity contribution is 9.10. The fraction of sp³-hybridized carbons (Fsp3) is 0.143. The van der Waals surface area contributed by atoms with Crippen molar-refractivity contribution < 1.29 is 14.3 Å². The van der Waals surface area contributed by atoms with Crippen LogP contribution < -0.4 is 14.8 Å². The molecule has 21 heavy (non-hydrogen) atoms. The van der Waals surface area contributed by atoms with Crippen LogP contribution >= 0.6 is 31.9 Å². The molecular formula is C14H10Br2N2O3. The Morgan fingerprint density at radius 2 is 1.86 bits per heavy atom. The number of fused-ring (bicyclic) bond motifs is 1. The first-order valence-corrected chi connectivity index (χ1v) is 7.74. The van der Waals surface area contributed by atoms with Gasteiger partial charge in [0.15, 0.2) is 11.5 Å². The molecule has 0 radical (unpaired) electrons. The lowest BCUT2D eigenvalue weighted by Gasteiger charge is -2.20. The molecule has 0 saturated carbocycles. The first-order valence-electron chi connectivity index (χ1n) is 6.15. The Labute approximate surface area is 137 Å². The van der Waals surface area contributed by atoms with Gasteiger partial charge in [0, 0.05) is 22.8 Å². The van der Waals surface area contributed by atoms with Crippen molar-refractivity contribution in [1.29, 1.82) is 0 Å². The Hall–Kier alpha value is -1.60. The minimum Gasteiger partial charge on any atom is -0.486 e. The Kier molecular flexibility index (Phi) is 4.12. The molecule has 1 aliphatic heterocycles. The second-order valence-electron chi connectivity index (χ2n) is 4.30. The van der Waals surface area contributed by atoms with Crippen LogP contribution in [-0.4, -0.2) is 24.1 Å². The van der Waals surface area contributed by atoms with E-state index in [1.807, 2.05) is 0 Å². The van der Waals surface area contributed by atoms with E-state index < -0.39 is 0 Å². The van der Waals surface area contributed by atoms with Crippen LogP contribution in [0.5, 0.6) is 11.5 Å². The van der Waals surface area contributed by atoms with Crippen LogP contribution in [-0.2, 0) is 0 Å². The molecule has 1 N–H and O–H groups in total. The van der Waals surface area contributed by atoms with E-state index in [0.29, 0.717) is 40.6 Å². The van der Waals surface area contributed by atoms with Gasteiger partial charge in [-0.15, -0.1) is 0 Å². The second kappa shape index (κ2) is 6.03. The van der Waals surface area contributed by atoms with Gasteiger partial charge in [0.1, 0.15) is 17.8 Å². The van der Waals surface area contributed by atoms with Crippen LogP contribution in [0, 0.1) is 0 Å². The van der Waals surface area contributed by atoms with Gasteiger partial charge < -0.3 is 14.8 Å². The molecule has 2 heterocycles. The van der Waals surface area contributed by atoms with Crippen molar-refractivity contribution in [1.82, 2.24) is 4.98 Å². The Balaban J connectivity index is 1.84. The molecule has 3 rings (SSSR count). The number of amides is 1. The van der Waals surface area contributed by atoms with Gasteiger partial charge in [-0.05, 0) is 44.0 Å². The normalized spacial score (nSPS) is 12.9. The largest absolute Gasteiger partial charge is 0.486 e. The first-order chi connectivity index (χ1) is 10.1. The van der Waals surface area contributed by atoms with Crippen LogP contribution in [0.4, 0.5) is 5.69 Å². The average Bonchev–Trinajstić information content (AvgIpc) is 2.48. The van der Waals surface area contributed by atoms with E-state index in [4.69, 9.17) is 9.47 Å². The molecule has 0 aliphatic carbocycles. The summed E-state index contributed by atoms with van der Waals surface area (Å²) < 4.78 is 12.4. The fourth-order valence-corrected chi connectivity index (χ4v) is 2.52. The summed E-state index contributed by atoms with van der Waals surface area (Å²) in [5.41, 5.74) is 1.09. The molecule has 0 atom stereocenters. The van der Waals surface area contributed by atoms with Crippen molar-refractivity contribution in [3.8, 4) is 11.5 Å². The monoisotopic (exact) mass is 412 g/mol. The highest BCUT2D eigenvalue weighted by Gasteiger charge is 2.16. The fourth-order valence-electron chi connectivity index (χ4n) is 1.86.